The van der Waals surface area contributed by atoms with Crippen LogP contribution in [0.3, 0.4) is 0 Å². The smallest absolute Gasteiger partial charge is 0.251 e. The van der Waals surface area contributed by atoms with Crippen molar-refractivity contribution >= 4 is 17.5 Å². The van der Waals surface area contributed by atoms with Crippen molar-refractivity contribution in [1.82, 2.24) is 5.32 Å². The summed E-state index contributed by atoms with van der Waals surface area (Å²) in [5.41, 5.74) is 9.87. The molecule has 0 aliphatic carbocycles. The van der Waals surface area contributed by atoms with Crippen LogP contribution in [0.5, 0.6) is 0 Å². The van der Waals surface area contributed by atoms with Gasteiger partial charge in [0.15, 0.2) is 0 Å². The third-order valence-electron chi connectivity index (χ3n) is 2.78. The maximum absolute atomic E-state index is 11.8. The van der Waals surface area contributed by atoms with Crippen LogP contribution in [-0.2, 0) is 4.79 Å². The molecule has 0 spiro atoms. The van der Waals surface area contributed by atoms with Crippen molar-refractivity contribution in [2.75, 3.05) is 12.0 Å². The minimum absolute atomic E-state index is 0.134. The van der Waals surface area contributed by atoms with E-state index < -0.39 is 0 Å². The second-order valence-electron chi connectivity index (χ2n) is 4.35. The number of nitrogen functional groups attached to an aromatic ring is 1. The molecule has 1 aromatic carbocycles. The summed E-state index contributed by atoms with van der Waals surface area (Å²) in [6.45, 7) is 2.40. The van der Waals surface area contributed by atoms with Crippen molar-refractivity contribution in [3.8, 4) is 0 Å². The fourth-order valence-electron chi connectivity index (χ4n) is 1.70. The number of amides is 2. The molecule has 6 heteroatoms. The standard InChI is InChI=1S/C13H20N4O2/c1-9-8-10(5-6-11(9)17-15)13(19)16-7-3-2-4-12(14)18/h5-6,8,17H,2-4,7,15H2,1H3,(H2,14,18)(H,16,19). The van der Waals surface area contributed by atoms with Gasteiger partial charge in [0.2, 0.25) is 5.91 Å². The summed E-state index contributed by atoms with van der Waals surface area (Å²) >= 11 is 0. The first-order chi connectivity index (χ1) is 9.04. The molecule has 2 amide bonds. The molecule has 19 heavy (non-hydrogen) atoms. The molecular formula is C13H20N4O2. The van der Waals surface area contributed by atoms with E-state index in [1.165, 1.54) is 0 Å². The summed E-state index contributed by atoms with van der Waals surface area (Å²) in [5, 5.41) is 2.79. The van der Waals surface area contributed by atoms with Gasteiger partial charge in [-0.05, 0) is 43.5 Å². The zero-order chi connectivity index (χ0) is 14.3. The van der Waals surface area contributed by atoms with E-state index in [1.807, 2.05) is 6.92 Å². The third kappa shape index (κ3) is 4.97. The van der Waals surface area contributed by atoms with E-state index in [0.717, 1.165) is 17.7 Å². The van der Waals surface area contributed by atoms with Crippen molar-refractivity contribution in [2.45, 2.75) is 26.2 Å². The Kier molecular flexibility index (Phi) is 5.81. The average Bonchev–Trinajstić information content (AvgIpc) is 2.37. The Morgan fingerprint density at radius 1 is 1.26 bits per heavy atom. The first-order valence-electron chi connectivity index (χ1n) is 6.18. The van der Waals surface area contributed by atoms with Gasteiger partial charge in [-0.25, -0.2) is 0 Å². The maximum atomic E-state index is 11.8. The maximum Gasteiger partial charge on any atom is 0.251 e. The second-order valence-corrected chi connectivity index (χ2v) is 4.35. The van der Waals surface area contributed by atoms with Crippen molar-refractivity contribution in [1.29, 1.82) is 0 Å². The highest BCUT2D eigenvalue weighted by atomic mass is 16.2. The number of hydrogen-bond acceptors (Lipinski definition) is 4. The number of carbonyl (C=O) groups is 2. The zero-order valence-corrected chi connectivity index (χ0v) is 11.0. The molecule has 0 saturated carbocycles. The highest BCUT2D eigenvalue weighted by molar-refractivity contribution is 5.94. The summed E-state index contributed by atoms with van der Waals surface area (Å²) in [4.78, 5) is 22.4. The number of nitrogens with one attached hydrogen (secondary N) is 2. The zero-order valence-electron chi connectivity index (χ0n) is 11.0. The van der Waals surface area contributed by atoms with Crippen molar-refractivity contribution in [3.63, 3.8) is 0 Å². The van der Waals surface area contributed by atoms with E-state index >= 15 is 0 Å². The lowest BCUT2D eigenvalue weighted by Gasteiger charge is -2.08. The summed E-state index contributed by atoms with van der Waals surface area (Å²) in [6, 6.07) is 5.24. The Balaban J connectivity index is 2.41. The van der Waals surface area contributed by atoms with Gasteiger partial charge in [-0.3, -0.25) is 15.4 Å². The number of unbranched alkanes of at least 4 members (excludes halogenated alkanes) is 1. The average molecular weight is 264 g/mol. The number of nitrogens with two attached hydrogens (primary N) is 2. The van der Waals surface area contributed by atoms with Crippen LogP contribution >= 0.6 is 0 Å². The molecule has 0 bridgehead atoms. The lowest BCUT2D eigenvalue weighted by Crippen LogP contribution is -2.25. The summed E-state index contributed by atoms with van der Waals surface area (Å²) in [7, 11) is 0. The molecule has 1 aromatic rings. The van der Waals surface area contributed by atoms with E-state index in [4.69, 9.17) is 11.6 Å². The lowest BCUT2D eigenvalue weighted by atomic mass is 10.1. The quantitative estimate of drug-likeness (QED) is 0.329. The number of hydrogen-bond donors (Lipinski definition) is 4. The topological polar surface area (TPSA) is 110 Å². The summed E-state index contributed by atoms with van der Waals surface area (Å²) < 4.78 is 0. The Hall–Kier alpha value is -2.08. The molecule has 0 fully saturated rings. The van der Waals surface area contributed by atoms with Crippen molar-refractivity contribution < 1.29 is 9.59 Å². The van der Waals surface area contributed by atoms with Crippen LogP contribution in [0.2, 0.25) is 0 Å². The molecule has 0 aliphatic rings. The van der Waals surface area contributed by atoms with Gasteiger partial charge < -0.3 is 16.5 Å². The van der Waals surface area contributed by atoms with Gasteiger partial charge in [0.1, 0.15) is 0 Å². The number of carbonyl (C=O) groups excluding carboxylic acids is 2. The van der Waals surface area contributed by atoms with E-state index in [9.17, 15) is 9.59 Å². The number of rotatable bonds is 7. The molecule has 0 aromatic heterocycles. The molecule has 0 unspecified atom stereocenters. The molecular weight excluding hydrogens is 244 g/mol. The van der Waals surface area contributed by atoms with Gasteiger partial charge >= 0.3 is 0 Å². The third-order valence-corrected chi connectivity index (χ3v) is 2.78. The van der Waals surface area contributed by atoms with Crippen LogP contribution in [0.15, 0.2) is 18.2 Å². The van der Waals surface area contributed by atoms with Crippen molar-refractivity contribution in [3.05, 3.63) is 29.3 Å². The SMILES string of the molecule is Cc1cc(C(=O)NCCCCC(N)=O)ccc1NN. The number of aryl methyl sites for hydroxylation is 1. The van der Waals surface area contributed by atoms with Crippen LogP contribution in [0.1, 0.15) is 35.2 Å². The molecule has 0 saturated heterocycles. The van der Waals surface area contributed by atoms with Gasteiger partial charge in [0.05, 0.1) is 5.69 Å². The number of hydrazine groups is 1. The fraction of sp³-hybridized carbons (Fsp3) is 0.385. The van der Waals surface area contributed by atoms with Crippen LogP contribution in [0.4, 0.5) is 5.69 Å². The molecule has 0 radical (unpaired) electrons. The second kappa shape index (κ2) is 7.38. The largest absolute Gasteiger partial charge is 0.370 e. The first kappa shape index (κ1) is 15.0. The molecule has 0 heterocycles. The van der Waals surface area contributed by atoms with Gasteiger partial charge in [-0.15, -0.1) is 0 Å². The van der Waals surface area contributed by atoms with E-state index in [2.05, 4.69) is 10.7 Å². The molecule has 6 nitrogen and oxygen atoms in total. The molecule has 0 atom stereocenters. The Labute approximate surface area is 112 Å². The van der Waals surface area contributed by atoms with Crippen molar-refractivity contribution in [2.24, 2.45) is 11.6 Å². The predicted octanol–water partition coefficient (Wildman–Crippen LogP) is 0.666. The Morgan fingerprint density at radius 3 is 2.58 bits per heavy atom. The molecule has 6 N–H and O–H groups in total. The number of benzene rings is 1. The first-order valence-corrected chi connectivity index (χ1v) is 6.18. The number of primary amides is 1. The minimum atomic E-state index is -0.313. The van der Waals surface area contributed by atoms with Crippen LogP contribution in [0.25, 0.3) is 0 Å². The van der Waals surface area contributed by atoms with Gasteiger partial charge in [0, 0.05) is 18.5 Å². The van der Waals surface area contributed by atoms with E-state index in [1.54, 1.807) is 18.2 Å². The van der Waals surface area contributed by atoms with Crippen LogP contribution in [-0.4, -0.2) is 18.4 Å². The van der Waals surface area contributed by atoms with Crippen LogP contribution in [0, 0.1) is 6.92 Å². The normalized spacial score (nSPS) is 10.0. The van der Waals surface area contributed by atoms with Gasteiger partial charge in [-0.1, -0.05) is 0 Å². The lowest BCUT2D eigenvalue weighted by molar-refractivity contribution is -0.118. The highest BCUT2D eigenvalue weighted by Crippen LogP contribution is 2.15. The summed E-state index contributed by atoms with van der Waals surface area (Å²) in [6.07, 6.45) is 1.77. The predicted molar refractivity (Wildman–Crippen MR) is 74.4 cm³/mol. The Morgan fingerprint density at radius 2 is 2.00 bits per heavy atom. The minimum Gasteiger partial charge on any atom is -0.370 e. The van der Waals surface area contributed by atoms with Crippen LogP contribution < -0.4 is 22.3 Å². The van der Waals surface area contributed by atoms with E-state index in [-0.39, 0.29) is 11.8 Å². The molecule has 0 aliphatic heterocycles. The molecule has 1 rings (SSSR count). The fourth-order valence-corrected chi connectivity index (χ4v) is 1.70. The van der Waals surface area contributed by atoms with Gasteiger partial charge in [-0.2, -0.15) is 0 Å². The monoisotopic (exact) mass is 264 g/mol. The Bertz CT molecular complexity index is 460. The molecule has 104 valence electrons. The number of anilines is 1. The van der Waals surface area contributed by atoms with Gasteiger partial charge in [0.25, 0.3) is 5.91 Å². The highest BCUT2D eigenvalue weighted by Gasteiger charge is 2.06. The van der Waals surface area contributed by atoms with E-state index in [0.29, 0.717) is 24.9 Å². The summed E-state index contributed by atoms with van der Waals surface area (Å²) in [5.74, 6) is 4.88.